The maximum atomic E-state index is 12.4. The number of hydrogen-bond acceptors (Lipinski definition) is 4. The third-order valence-electron chi connectivity index (χ3n) is 3.79. The number of halogens is 3. The number of fused-ring (bicyclic) bond motifs is 1. The van der Waals surface area contributed by atoms with Crippen LogP contribution in [0.15, 0.2) is 38.8 Å². The summed E-state index contributed by atoms with van der Waals surface area (Å²) in [4.78, 5) is 29.0. The molecule has 2 aromatic heterocycles. The number of thioether (sulfide) groups is 1. The van der Waals surface area contributed by atoms with Crippen LogP contribution in [0.4, 0.5) is 8.78 Å². The van der Waals surface area contributed by atoms with Crippen molar-refractivity contribution in [2.45, 2.75) is 17.2 Å². The molecule has 0 aliphatic heterocycles. The summed E-state index contributed by atoms with van der Waals surface area (Å²) in [5.41, 5.74) is 0.175. The number of imidazole rings is 1. The highest BCUT2D eigenvalue weighted by molar-refractivity contribution is 7.99. The van der Waals surface area contributed by atoms with E-state index in [4.69, 9.17) is 11.6 Å². The summed E-state index contributed by atoms with van der Waals surface area (Å²) >= 11 is 6.61. The van der Waals surface area contributed by atoms with Crippen molar-refractivity contribution in [3.8, 4) is 0 Å². The van der Waals surface area contributed by atoms with Crippen LogP contribution in [0.5, 0.6) is 0 Å². The predicted molar refractivity (Wildman–Crippen MR) is 92.6 cm³/mol. The van der Waals surface area contributed by atoms with Gasteiger partial charge < -0.3 is 4.57 Å². The number of hydrogen-bond donors (Lipinski definition) is 0. The second-order valence-corrected chi connectivity index (χ2v) is 6.77. The lowest BCUT2D eigenvalue weighted by Gasteiger charge is -2.08. The Morgan fingerprint density at radius 2 is 1.80 bits per heavy atom. The molecule has 2 heterocycles. The molecular formula is C15H13ClF2N4O2S. The number of aryl methyl sites for hydroxylation is 1. The molecule has 0 saturated carbocycles. The molecule has 0 fully saturated rings. The van der Waals surface area contributed by atoms with Crippen LogP contribution in [-0.2, 0) is 20.6 Å². The van der Waals surface area contributed by atoms with Crippen LogP contribution < -0.4 is 11.2 Å². The summed E-state index contributed by atoms with van der Waals surface area (Å²) in [7, 11) is 2.89. The summed E-state index contributed by atoms with van der Waals surface area (Å²) in [6, 6.07) is 6.51. The lowest BCUT2D eigenvalue weighted by molar-refractivity contribution is 0.252. The topological polar surface area (TPSA) is 61.8 Å². The second kappa shape index (κ2) is 6.64. The molecule has 0 saturated heterocycles. The van der Waals surface area contributed by atoms with Gasteiger partial charge in [-0.25, -0.2) is 4.79 Å². The number of benzene rings is 1. The summed E-state index contributed by atoms with van der Waals surface area (Å²) < 4.78 is 28.5. The van der Waals surface area contributed by atoms with E-state index in [0.29, 0.717) is 16.7 Å². The van der Waals surface area contributed by atoms with Crippen molar-refractivity contribution in [2.75, 3.05) is 0 Å². The standard InChI is InChI=1S/C15H13ClF2N4O2S/c1-20-11-10(12(23)21(2)15(20)24)22(13(16)19-11)7-8-3-5-9(6-4-8)25-14(17)18/h3-6,14H,7H2,1-2H3. The molecule has 25 heavy (non-hydrogen) atoms. The smallest absolute Gasteiger partial charge is 0.304 e. The highest BCUT2D eigenvalue weighted by Crippen LogP contribution is 2.26. The molecule has 0 radical (unpaired) electrons. The first-order valence-corrected chi connectivity index (χ1v) is 8.41. The minimum atomic E-state index is -2.48. The van der Waals surface area contributed by atoms with E-state index in [-0.39, 0.29) is 23.0 Å². The van der Waals surface area contributed by atoms with E-state index in [0.717, 1.165) is 10.1 Å². The fraction of sp³-hybridized carbons (Fsp3) is 0.267. The van der Waals surface area contributed by atoms with Gasteiger partial charge in [0.05, 0.1) is 6.54 Å². The van der Waals surface area contributed by atoms with E-state index >= 15 is 0 Å². The minimum Gasteiger partial charge on any atom is -0.304 e. The zero-order valence-corrected chi connectivity index (χ0v) is 14.8. The first-order chi connectivity index (χ1) is 11.8. The molecule has 132 valence electrons. The van der Waals surface area contributed by atoms with Gasteiger partial charge in [-0.15, -0.1) is 0 Å². The van der Waals surface area contributed by atoms with Gasteiger partial charge in [-0.2, -0.15) is 13.8 Å². The molecule has 1 aromatic carbocycles. The molecule has 0 N–H and O–H groups in total. The summed E-state index contributed by atoms with van der Waals surface area (Å²) in [6.45, 7) is 0.225. The lowest BCUT2D eigenvalue weighted by Crippen LogP contribution is -2.37. The quantitative estimate of drug-likeness (QED) is 0.510. The average molecular weight is 387 g/mol. The van der Waals surface area contributed by atoms with Crippen molar-refractivity contribution >= 4 is 34.5 Å². The Balaban J connectivity index is 2.06. The zero-order valence-electron chi connectivity index (χ0n) is 13.2. The van der Waals surface area contributed by atoms with Gasteiger partial charge in [0, 0.05) is 19.0 Å². The van der Waals surface area contributed by atoms with E-state index in [2.05, 4.69) is 4.98 Å². The fourth-order valence-corrected chi connectivity index (χ4v) is 3.25. The number of alkyl halides is 2. The van der Waals surface area contributed by atoms with E-state index in [1.54, 1.807) is 24.3 Å². The Bertz CT molecular complexity index is 1060. The molecule has 0 unspecified atom stereocenters. The predicted octanol–water partition coefficient (Wildman–Crippen LogP) is 2.45. The SMILES string of the molecule is Cn1c(=O)c2c(nc(Cl)n2Cc2ccc(SC(F)F)cc2)n(C)c1=O. The third kappa shape index (κ3) is 3.21. The Morgan fingerprint density at radius 1 is 1.16 bits per heavy atom. The van der Waals surface area contributed by atoms with E-state index < -0.39 is 17.0 Å². The summed E-state index contributed by atoms with van der Waals surface area (Å²) in [6.07, 6.45) is 0. The fourth-order valence-electron chi connectivity index (χ4n) is 2.52. The molecule has 3 aromatic rings. The van der Waals surface area contributed by atoms with Crippen LogP contribution in [0.25, 0.3) is 11.2 Å². The highest BCUT2D eigenvalue weighted by Gasteiger charge is 2.18. The van der Waals surface area contributed by atoms with Crippen LogP contribution in [0.2, 0.25) is 5.28 Å². The van der Waals surface area contributed by atoms with Crippen molar-refractivity contribution in [2.24, 2.45) is 14.1 Å². The van der Waals surface area contributed by atoms with Crippen molar-refractivity contribution in [3.63, 3.8) is 0 Å². The highest BCUT2D eigenvalue weighted by atomic mass is 35.5. The normalized spacial score (nSPS) is 11.6. The van der Waals surface area contributed by atoms with Crippen molar-refractivity contribution in [3.05, 3.63) is 56.0 Å². The van der Waals surface area contributed by atoms with Gasteiger partial charge in [-0.1, -0.05) is 23.9 Å². The maximum absolute atomic E-state index is 12.4. The van der Waals surface area contributed by atoms with Crippen LogP contribution >= 0.6 is 23.4 Å². The molecule has 10 heteroatoms. The second-order valence-electron chi connectivity index (χ2n) is 5.37. The molecule has 0 bridgehead atoms. The van der Waals surface area contributed by atoms with Crippen LogP contribution in [0.1, 0.15) is 5.56 Å². The first kappa shape index (κ1) is 17.7. The zero-order chi connectivity index (χ0) is 18.3. The number of rotatable bonds is 4. The summed E-state index contributed by atoms with van der Waals surface area (Å²) in [5.74, 6) is -2.48. The van der Waals surface area contributed by atoms with Gasteiger partial charge in [-0.05, 0) is 29.3 Å². The molecule has 0 aliphatic rings. The molecule has 0 spiro atoms. The summed E-state index contributed by atoms with van der Waals surface area (Å²) in [5, 5.41) is 0.0688. The van der Waals surface area contributed by atoms with E-state index in [1.807, 2.05) is 0 Å². The maximum Gasteiger partial charge on any atom is 0.332 e. The molecule has 0 amide bonds. The average Bonchev–Trinajstić information content (AvgIpc) is 2.89. The van der Waals surface area contributed by atoms with E-state index in [1.165, 1.54) is 23.2 Å². The van der Waals surface area contributed by atoms with Gasteiger partial charge in [0.15, 0.2) is 11.2 Å². The van der Waals surface area contributed by atoms with Crippen molar-refractivity contribution < 1.29 is 8.78 Å². The van der Waals surface area contributed by atoms with Gasteiger partial charge >= 0.3 is 5.69 Å². The Morgan fingerprint density at radius 3 is 2.40 bits per heavy atom. The molecule has 0 aliphatic carbocycles. The first-order valence-electron chi connectivity index (χ1n) is 7.15. The van der Waals surface area contributed by atoms with Crippen LogP contribution in [0, 0.1) is 0 Å². The lowest BCUT2D eigenvalue weighted by atomic mass is 10.2. The van der Waals surface area contributed by atoms with Crippen LogP contribution in [0.3, 0.4) is 0 Å². The van der Waals surface area contributed by atoms with Gasteiger partial charge in [0.1, 0.15) is 0 Å². The molecule has 6 nitrogen and oxygen atoms in total. The van der Waals surface area contributed by atoms with Gasteiger partial charge in [0.2, 0.25) is 5.28 Å². The van der Waals surface area contributed by atoms with E-state index in [9.17, 15) is 18.4 Å². The third-order valence-corrected chi connectivity index (χ3v) is 4.80. The van der Waals surface area contributed by atoms with Crippen molar-refractivity contribution in [1.29, 1.82) is 0 Å². The monoisotopic (exact) mass is 386 g/mol. The Hall–Kier alpha value is -2.13. The van der Waals surface area contributed by atoms with Gasteiger partial charge in [-0.3, -0.25) is 13.9 Å². The minimum absolute atomic E-state index is 0.0688. The number of nitrogens with zero attached hydrogens (tertiary/aromatic N) is 4. The molecule has 3 rings (SSSR count). The van der Waals surface area contributed by atoms with Crippen LogP contribution in [-0.4, -0.2) is 24.4 Å². The molecule has 0 atom stereocenters. The molecular weight excluding hydrogens is 374 g/mol. The largest absolute Gasteiger partial charge is 0.332 e. The van der Waals surface area contributed by atoms with Crippen molar-refractivity contribution in [1.82, 2.24) is 18.7 Å². The van der Waals surface area contributed by atoms with Gasteiger partial charge in [0.25, 0.3) is 11.3 Å². The Kier molecular flexibility index (Phi) is 4.70. The Labute approximate surface area is 149 Å². The number of aromatic nitrogens is 4.